The highest BCUT2D eigenvalue weighted by Gasteiger charge is 2.04. The van der Waals surface area contributed by atoms with E-state index in [4.69, 9.17) is 9.47 Å². The fraction of sp³-hybridized carbons (Fsp3) is 0.211. The molecule has 0 fully saturated rings. The minimum absolute atomic E-state index is 0.114. The predicted molar refractivity (Wildman–Crippen MR) is 92.9 cm³/mol. The molecule has 0 aliphatic heterocycles. The number of ether oxygens (including phenoxy) is 2. The largest absolute Gasteiger partial charge is 0.495 e. The second kappa shape index (κ2) is 8.03. The number of benzene rings is 2. The molecule has 0 atom stereocenters. The van der Waals surface area contributed by atoms with Crippen LogP contribution < -0.4 is 14.8 Å². The van der Waals surface area contributed by atoms with Crippen molar-refractivity contribution in [2.24, 2.45) is 0 Å². The highest BCUT2D eigenvalue weighted by molar-refractivity contribution is 6.02. The number of hydrogen-bond donors (Lipinski definition) is 1. The second-order valence-corrected chi connectivity index (χ2v) is 5.26. The Bertz CT molecular complexity index is 693. The molecule has 0 radical (unpaired) electrons. The lowest BCUT2D eigenvalue weighted by Gasteiger charge is -2.10. The number of para-hydroxylation sites is 2. The molecule has 0 heterocycles. The fourth-order valence-electron chi connectivity index (χ4n) is 2.06. The molecule has 0 saturated heterocycles. The molecule has 0 spiro atoms. The van der Waals surface area contributed by atoms with E-state index in [2.05, 4.69) is 5.32 Å². The van der Waals surface area contributed by atoms with Gasteiger partial charge in [0, 0.05) is 6.08 Å². The molecule has 0 aliphatic rings. The molecule has 23 heavy (non-hydrogen) atoms. The summed E-state index contributed by atoms with van der Waals surface area (Å²) in [5, 5.41) is 2.80. The molecule has 1 amide bonds. The van der Waals surface area contributed by atoms with Crippen molar-refractivity contribution in [3.63, 3.8) is 0 Å². The van der Waals surface area contributed by atoms with E-state index >= 15 is 0 Å². The van der Waals surface area contributed by atoms with E-state index in [9.17, 15) is 4.79 Å². The zero-order valence-corrected chi connectivity index (χ0v) is 13.6. The maximum Gasteiger partial charge on any atom is 0.248 e. The summed E-state index contributed by atoms with van der Waals surface area (Å²) in [4.78, 5) is 12.0. The van der Waals surface area contributed by atoms with E-state index in [1.165, 1.54) is 6.08 Å². The number of carbonyl (C=O) groups excluding carboxylic acids is 1. The van der Waals surface area contributed by atoms with E-state index in [0.29, 0.717) is 11.4 Å². The third-order valence-corrected chi connectivity index (χ3v) is 3.02. The summed E-state index contributed by atoms with van der Waals surface area (Å²) in [5.74, 6) is 1.19. The summed E-state index contributed by atoms with van der Waals surface area (Å²) in [5.41, 5.74) is 1.54. The number of anilines is 1. The molecule has 2 rings (SSSR count). The van der Waals surface area contributed by atoms with Crippen LogP contribution in [0.25, 0.3) is 6.08 Å². The Labute approximate surface area is 136 Å². The number of carbonyl (C=O) groups is 1. The number of hydrogen-bond acceptors (Lipinski definition) is 3. The van der Waals surface area contributed by atoms with Crippen LogP contribution in [0.5, 0.6) is 11.5 Å². The van der Waals surface area contributed by atoms with Gasteiger partial charge in [0.2, 0.25) is 5.91 Å². The molecule has 2 aromatic rings. The maximum absolute atomic E-state index is 12.0. The van der Waals surface area contributed by atoms with Gasteiger partial charge in [-0.2, -0.15) is 0 Å². The average Bonchev–Trinajstić information content (AvgIpc) is 2.53. The van der Waals surface area contributed by atoms with Crippen LogP contribution in [0.2, 0.25) is 0 Å². The third kappa shape index (κ3) is 5.18. The van der Waals surface area contributed by atoms with Gasteiger partial charge in [-0.15, -0.1) is 0 Å². The molecule has 1 N–H and O–H groups in total. The molecular formula is C19H21NO3. The number of methoxy groups -OCH3 is 1. The average molecular weight is 311 g/mol. The van der Waals surface area contributed by atoms with E-state index in [1.807, 2.05) is 50.2 Å². The van der Waals surface area contributed by atoms with Gasteiger partial charge in [0.25, 0.3) is 0 Å². The Morgan fingerprint density at radius 2 is 1.91 bits per heavy atom. The summed E-state index contributed by atoms with van der Waals surface area (Å²) in [6, 6.07) is 14.9. The van der Waals surface area contributed by atoms with Crippen molar-refractivity contribution in [2.75, 3.05) is 12.4 Å². The first-order chi connectivity index (χ1) is 11.1. The molecule has 0 aliphatic carbocycles. The van der Waals surface area contributed by atoms with Gasteiger partial charge < -0.3 is 14.8 Å². The van der Waals surface area contributed by atoms with E-state index in [-0.39, 0.29) is 12.0 Å². The topological polar surface area (TPSA) is 47.6 Å². The van der Waals surface area contributed by atoms with Crippen LogP contribution >= 0.6 is 0 Å². The van der Waals surface area contributed by atoms with Crippen LogP contribution in [-0.2, 0) is 4.79 Å². The Morgan fingerprint density at radius 3 is 2.65 bits per heavy atom. The molecule has 4 nitrogen and oxygen atoms in total. The predicted octanol–water partition coefficient (Wildman–Crippen LogP) is 4.13. The van der Waals surface area contributed by atoms with Gasteiger partial charge in [0.15, 0.2) is 0 Å². The smallest absolute Gasteiger partial charge is 0.248 e. The Morgan fingerprint density at radius 1 is 1.13 bits per heavy atom. The zero-order valence-electron chi connectivity index (χ0n) is 13.6. The molecule has 0 bridgehead atoms. The summed E-state index contributed by atoms with van der Waals surface area (Å²) in [6.07, 6.45) is 3.35. The molecule has 0 aromatic heterocycles. The van der Waals surface area contributed by atoms with Crippen molar-refractivity contribution >= 4 is 17.7 Å². The number of amides is 1. The zero-order chi connectivity index (χ0) is 16.7. The minimum atomic E-state index is -0.218. The molecular weight excluding hydrogens is 290 g/mol. The number of rotatable bonds is 6. The van der Waals surface area contributed by atoms with Crippen LogP contribution in [0.4, 0.5) is 5.69 Å². The lowest BCUT2D eigenvalue weighted by atomic mass is 10.2. The van der Waals surface area contributed by atoms with Crippen molar-refractivity contribution in [3.05, 3.63) is 60.2 Å². The van der Waals surface area contributed by atoms with Crippen molar-refractivity contribution in [3.8, 4) is 11.5 Å². The van der Waals surface area contributed by atoms with Crippen LogP contribution in [0, 0.1) is 0 Å². The van der Waals surface area contributed by atoms with Crippen LogP contribution in [-0.4, -0.2) is 19.1 Å². The molecule has 4 heteroatoms. The Kier molecular flexibility index (Phi) is 5.80. The van der Waals surface area contributed by atoms with Gasteiger partial charge in [-0.05, 0) is 49.8 Å². The quantitative estimate of drug-likeness (QED) is 0.816. The standard InChI is InChI=1S/C19H21NO3/c1-14(2)23-16-8-6-7-15(13-16)11-12-19(21)20-17-9-4-5-10-18(17)22-3/h4-14H,1-3H3,(H,20,21)/b12-11+. The minimum Gasteiger partial charge on any atom is -0.495 e. The van der Waals surface area contributed by atoms with Gasteiger partial charge in [-0.1, -0.05) is 24.3 Å². The lowest BCUT2D eigenvalue weighted by molar-refractivity contribution is -0.111. The third-order valence-electron chi connectivity index (χ3n) is 3.02. The highest BCUT2D eigenvalue weighted by atomic mass is 16.5. The summed E-state index contributed by atoms with van der Waals surface area (Å²) < 4.78 is 10.8. The van der Waals surface area contributed by atoms with Gasteiger partial charge in [-0.3, -0.25) is 4.79 Å². The Hall–Kier alpha value is -2.75. The molecule has 2 aromatic carbocycles. The van der Waals surface area contributed by atoms with Gasteiger partial charge in [0.1, 0.15) is 11.5 Å². The first-order valence-electron chi connectivity index (χ1n) is 7.47. The van der Waals surface area contributed by atoms with E-state index < -0.39 is 0 Å². The number of nitrogens with one attached hydrogen (secondary N) is 1. The monoisotopic (exact) mass is 311 g/mol. The first-order valence-corrected chi connectivity index (χ1v) is 7.47. The Balaban J connectivity index is 2.03. The summed E-state index contributed by atoms with van der Waals surface area (Å²) in [6.45, 7) is 3.95. The molecule has 120 valence electrons. The van der Waals surface area contributed by atoms with Crippen molar-refractivity contribution in [1.82, 2.24) is 0 Å². The normalized spacial score (nSPS) is 10.8. The van der Waals surface area contributed by atoms with Crippen LogP contribution in [0.3, 0.4) is 0 Å². The van der Waals surface area contributed by atoms with Gasteiger partial charge in [-0.25, -0.2) is 0 Å². The summed E-state index contributed by atoms with van der Waals surface area (Å²) in [7, 11) is 1.57. The molecule has 0 saturated carbocycles. The SMILES string of the molecule is COc1ccccc1NC(=O)/C=C/c1cccc(OC(C)C)c1. The van der Waals surface area contributed by atoms with E-state index in [0.717, 1.165) is 11.3 Å². The van der Waals surface area contributed by atoms with Crippen molar-refractivity contribution in [1.29, 1.82) is 0 Å². The van der Waals surface area contributed by atoms with Gasteiger partial charge >= 0.3 is 0 Å². The fourth-order valence-corrected chi connectivity index (χ4v) is 2.06. The van der Waals surface area contributed by atoms with Crippen molar-refractivity contribution < 1.29 is 14.3 Å². The van der Waals surface area contributed by atoms with Crippen molar-refractivity contribution in [2.45, 2.75) is 20.0 Å². The maximum atomic E-state index is 12.0. The van der Waals surface area contributed by atoms with E-state index in [1.54, 1.807) is 25.3 Å². The highest BCUT2D eigenvalue weighted by Crippen LogP contribution is 2.23. The summed E-state index contributed by atoms with van der Waals surface area (Å²) >= 11 is 0. The first kappa shape index (κ1) is 16.6. The second-order valence-electron chi connectivity index (χ2n) is 5.26. The van der Waals surface area contributed by atoms with Gasteiger partial charge in [0.05, 0.1) is 18.9 Å². The van der Waals surface area contributed by atoms with Crippen LogP contribution in [0.15, 0.2) is 54.6 Å². The van der Waals surface area contributed by atoms with Crippen LogP contribution in [0.1, 0.15) is 19.4 Å². The molecule has 0 unspecified atom stereocenters. The lowest BCUT2D eigenvalue weighted by Crippen LogP contribution is -2.08.